The number of aliphatic hydroxyl groups is 1. The van der Waals surface area contributed by atoms with Crippen LogP contribution in [0.25, 0.3) is 0 Å². The number of rotatable bonds is 6. The van der Waals surface area contributed by atoms with Crippen molar-refractivity contribution in [3.05, 3.63) is 29.8 Å². The molecule has 1 atom stereocenters. The highest BCUT2D eigenvalue weighted by molar-refractivity contribution is 5.74. The fourth-order valence-electron chi connectivity index (χ4n) is 2.62. The molecule has 2 rings (SSSR count). The molecule has 0 bridgehead atoms. The van der Waals surface area contributed by atoms with Crippen LogP contribution in [0.3, 0.4) is 0 Å². The Labute approximate surface area is 127 Å². The third-order valence-electron chi connectivity index (χ3n) is 3.71. The number of ether oxygens (including phenoxy) is 1. The van der Waals surface area contributed by atoms with Crippen molar-refractivity contribution in [2.75, 3.05) is 19.7 Å². The number of benzene rings is 1. The van der Waals surface area contributed by atoms with Gasteiger partial charge in [0.25, 0.3) is 0 Å². The number of para-hydroxylation sites is 1. The zero-order valence-corrected chi connectivity index (χ0v) is 12.2. The lowest BCUT2D eigenvalue weighted by Crippen LogP contribution is -2.44. The highest BCUT2D eigenvalue weighted by Gasteiger charge is 2.27. The van der Waals surface area contributed by atoms with Gasteiger partial charge in [-0.15, -0.1) is 0 Å². The van der Waals surface area contributed by atoms with Crippen molar-refractivity contribution in [2.24, 2.45) is 0 Å². The minimum atomic E-state index is -2.87. The number of aliphatic hydroxyl groups excluding tert-OH is 1. The first-order valence-corrected chi connectivity index (χ1v) is 7.30. The summed E-state index contributed by atoms with van der Waals surface area (Å²) in [4.78, 5) is 13.6. The quantitative estimate of drug-likeness (QED) is 0.844. The number of urea groups is 1. The zero-order chi connectivity index (χ0) is 15.9. The third-order valence-corrected chi connectivity index (χ3v) is 3.71. The van der Waals surface area contributed by atoms with Crippen LogP contribution >= 0.6 is 0 Å². The maximum absolute atomic E-state index is 12.3. The molecular formula is C15H20F2N2O3. The normalized spacial score (nSPS) is 17.8. The monoisotopic (exact) mass is 314 g/mol. The number of halogens is 2. The molecule has 0 radical (unpaired) electrons. The average molecular weight is 314 g/mol. The van der Waals surface area contributed by atoms with E-state index in [2.05, 4.69) is 10.1 Å². The van der Waals surface area contributed by atoms with Crippen LogP contribution in [-0.2, 0) is 6.42 Å². The number of amides is 2. The van der Waals surface area contributed by atoms with Gasteiger partial charge >= 0.3 is 12.6 Å². The Morgan fingerprint density at radius 2 is 2.23 bits per heavy atom. The molecule has 2 N–H and O–H groups in total. The van der Waals surface area contributed by atoms with E-state index in [4.69, 9.17) is 0 Å². The Kier molecular flexibility index (Phi) is 5.94. The fourth-order valence-corrected chi connectivity index (χ4v) is 2.62. The van der Waals surface area contributed by atoms with Gasteiger partial charge in [-0.05, 0) is 30.9 Å². The van der Waals surface area contributed by atoms with Gasteiger partial charge in [0, 0.05) is 13.1 Å². The molecule has 0 aromatic heterocycles. The number of carbonyl (C=O) groups excluding carboxylic acids is 1. The Bertz CT molecular complexity index is 499. The fraction of sp³-hybridized carbons (Fsp3) is 0.533. The lowest BCUT2D eigenvalue weighted by Gasteiger charge is -2.23. The van der Waals surface area contributed by atoms with E-state index in [-0.39, 0.29) is 24.4 Å². The summed E-state index contributed by atoms with van der Waals surface area (Å²) in [6, 6.07) is 6.16. The third kappa shape index (κ3) is 4.30. The molecule has 1 heterocycles. The number of alkyl halides is 2. The Balaban J connectivity index is 1.85. The Morgan fingerprint density at radius 1 is 1.45 bits per heavy atom. The van der Waals surface area contributed by atoms with E-state index >= 15 is 0 Å². The lowest BCUT2D eigenvalue weighted by atomic mass is 10.1. The molecule has 1 aromatic carbocycles. The number of nitrogens with zero attached hydrogens (tertiary/aromatic N) is 1. The van der Waals surface area contributed by atoms with E-state index in [0.29, 0.717) is 25.1 Å². The van der Waals surface area contributed by atoms with Gasteiger partial charge in [-0.3, -0.25) is 0 Å². The van der Waals surface area contributed by atoms with Crippen molar-refractivity contribution in [1.82, 2.24) is 10.2 Å². The van der Waals surface area contributed by atoms with Gasteiger partial charge in [-0.25, -0.2) is 4.79 Å². The Morgan fingerprint density at radius 3 is 2.95 bits per heavy atom. The standard InChI is InChI=1S/C15H20F2N2O3/c16-14(17)22-13-6-2-1-4-11(13)7-8-18-15(21)19-9-3-5-12(19)10-20/h1-2,4,6,12,14,20H,3,5,7-10H2,(H,18,21)/t12-/m0/s1. The second kappa shape index (κ2) is 7.93. The molecule has 0 unspecified atom stereocenters. The summed E-state index contributed by atoms with van der Waals surface area (Å²) in [7, 11) is 0. The molecule has 1 aromatic rings. The van der Waals surface area contributed by atoms with E-state index < -0.39 is 6.61 Å². The second-order valence-corrected chi connectivity index (χ2v) is 5.14. The summed E-state index contributed by atoms with van der Waals surface area (Å²) < 4.78 is 29.1. The summed E-state index contributed by atoms with van der Waals surface area (Å²) >= 11 is 0. The number of hydrogen-bond acceptors (Lipinski definition) is 3. The second-order valence-electron chi connectivity index (χ2n) is 5.14. The number of likely N-dealkylation sites (tertiary alicyclic amines) is 1. The summed E-state index contributed by atoms with van der Waals surface area (Å²) in [5, 5.41) is 12.0. The molecular weight excluding hydrogens is 294 g/mol. The van der Waals surface area contributed by atoms with E-state index in [1.54, 1.807) is 23.1 Å². The minimum Gasteiger partial charge on any atom is -0.435 e. The topological polar surface area (TPSA) is 61.8 Å². The lowest BCUT2D eigenvalue weighted by molar-refractivity contribution is -0.0504. The summed E-state index contributed by atoms with van der Waals surface area (Å²) in [5.74, 6) is 0.126. The maximum Gasteiger partial charge on any atom is 0.387 e. The van der Waals surface area contributed by atoms with Crippen molar-refractivity contribution in [1.29, 1.82) is 0 Å². The van der Waals surface area contributed by atoms with Crippen molar-refractivity contribution >= 4 is 6.03 Å². The summed E-state index contributed by atoms with van der Waals surface area (Å²) in [6.07, 6.45) is 2.07. The first-order valence-electron chi connectivity index (χ1n) is 7.30. The van der Waals surface area contributed by atoms with Crippen molar-refractivity contribution in [3.63, 3.8) is 0 Å². The number of hydrogen-bond donors (Lipinski definition) is 2. The van der Waals surface area contributed by atoms with E-state index in [9.17, 15) is 18.7 Å². The predicted molar refractivity (Wildman–Crippen MR) is 77.0 cm³/mol. The van der Waals surface area contributed by atoms with E-state index in [0.717, 1.165) is 12.8 Å². The van der Waals surface area contributed by atoms with Gasteiger partial charge in [0.05, 0.1) is 12.6 Å². The Hall–Kier alpha value is -1.89. The number of carbonyl (C=O) groups is 1. The molecule has 122 valence electrons. The molecule has 1 fully saturated rings. The zero-order valence-electron chi connectivity index (χ0n) is 12.2. The van der Waals surface area contributed by atoms with Crippen LogP contribution in [0.15, 0.2) is 24.3 Å². The molecule has 2 amide bonds. The van der Waals surface area contributed by atoms with Gasteiger partial charge in [0.1, 0.15) is 5.75 Å². The van der Waals surface area contributed by atoms with Crippen molar-refractivity contribution in [2.45, 2.75) is 31.9 Å². The van der Waals surface area contributed by atoms with Gasteiger partial charge in [-0.1, -0.05) is 18.2 Å². The predicted octanol–water partition coefficient (Wildman–Crippen LogP) is 2.00. The van der Waals surface area contributed by atoms with Crippen LogP contribution in [0.5, 0.6) is 5.75 Å². The van der Waals surface area contributed by atoms with Crippen molar-refractivity contribution < 1.29 is 23.4 Å². The van der Waals surface area contributed by atoms with Crippen LogP contribution in [0, 0.1) is 0 Å². The van der Waals surface area contributed by atoms with Gasteiger partial charge in [0.2, 0.25) is 0 Å². The summed E-state index contributed by atoms with van der Waals surface area (Å²) in [5.41, 5.74) is 0.614. The molecule has 22 heavy (non-hydrogen) atoms. The molecule has 1 aliphatic rings. The van der Waals surface area contributed by atoms with Gasteiger partial charge in [-0.2, -0.15) is 8.78 Å². The molecule has 5 nitrogen and oxygen atoms in total. The molecule has 7 heteroatoms. The highest BCUT2D eigenvalue weighted by Crippen LogP contribution is 2.20. The molecule has 1 saturated heterocycles. The minimum absolute atomic E-state index is 0.0432. The van der Waals surface area contributed by atoms with Crippen LogP contribution in [0.4, 0.5) is 13.6 Å². The van der Waals surface area contributed by atoms with Crippen LogP contribution < -0.4 is 10.1 Å². The van der Waals surface area contributed by atoms with Crippen LogP contribution in [0.1, 0.15) is 18.4 Å². The molecule has 0 saturated carbocycles. The molecule has 0 spiro atoms. The molecule has 1 aliphatic heterocycles. The van der Waals surface area contributed by atoms with Gasteiger partial charge < -0.3 is 20.1 Å². The van der Waals surface area contributed by atoms with E-state index in [1.807, 2.05) is 0 Å². The highest BCUT2D eigenvalue weighted by atomic mass is 19.3. The first-order chi connectivity index (χ1) is 10.6. The SMILES string of the molecule is O=C(NCCc1ccccc1OC(F)F)N1CCC[C@H]1CO. The smallest absolute Gasteiger partial charge is 0.387 e. The number of nitrogens with one attached hydrogen (secondary N) is 1. The van der Waals surface area contributed by atoms with Crippen molar-refractivity contribution in [3.8, 4) is 5.75 Å². The molecule has 0 aliphatic carbocycles. The van der Waals surface area contributed by atoms with Crippen LogP contribution in [-0.4, -0.2) is 48.4 Å². The first kappa shape index (κ1) is 16.5. The average Bonchev–Trinajstić information content (AvgIpc) is 2.97. The van der Waals surface area contributed by atoms with E-state index in [1.165, 1.54) is 6.07 Å². The van der Waals surface area contributed by atoms with Gasteiger partial charge in [0.15, 0.2) is 0 Å². The largest absolute Gasteiger partial charge is 0.435 e. The maximum atomic E-state index is 12.3. The summed E-state index contributed by atoms with van der Waals surface area (Å²) in [6.45, 7) is -1.97. The van der Waals surface area contributed by atoms with Crippen LogP contribution in [0.2, 0.25) is 0 Å².